The topological polar surface area (TPSA) is 55.4 Å². The first-order chi connectivity index (χ1) is 14.0. The molecule has 0 radical (unpaired) electrons. The third-order valence-corrected chi connectivity index (χ3v) is 5.71. The van der Waals surface area contributed by atoms with E-state index in [1.54, 1.807) is 6.07 Å². The minimum Gasteiger partial charge on any atom is -0.460 e. The monoisotopic (exact) mass is 407 g/mol. The number of halogens is 1. The van der Waals surface area contributed by atoms with Crippen molar-refractivity contribution in [2.24, 2.45) is 5.92 Å². The minimum absolute atomic E-state index is 0.0667. The zero-order valence-corrected chi connectivity index (χ0v) is 16.7. The van der Waals surface area contributed by atoms with Gasteiger partial charge in [0.25, 0.3) is 0 Å². The smallest absolute Gasteiger partial charge is 0.316 e. The van der Waals surface area contributed by atoms with E-state index in [0.717, 1.165) is 29.7 Å². The molecule has 0 saturated heterocycles. The van der Waals surface area contributed by atoms with Crippen LogP contribution < -0.4 is 5.32 Å². The largest absolute Gasteiger partial charge is 0.460 e. The summed E-state index contributed by atoms with van der Waals surface area (Å²) >= 11 is 6.23. The van der Waals surface area contributed by atoms with Crippen molar-refractivity contribution in [3.63, 3.8) is 0 Å². The summed E-state index contributed by atoms with van der Waals surface area (Å²) in [7, 11) is 0. The first-order valence-corrected chi connectivity index (χ1v) is 10.1. The Labute approximate surface area is 175 Å². The molecule has 0 spiro atoms. The molecule has 2 aromatic rings. The van der Waals surface area contributed by atoms with Crippen LogP contribution in [0.3, 0.4) is 0 Å². The van der Waals surface area contributed by atoms with Crippen LogP contribution in [0.1, 0.15) is 36.3 Å². The summed E-state index contributed by atoms with van der Waals surface area (Å²) in [5.41, 5.74) is 3.81. The fourth-order valence-corrected chi connectivity index (χ4v) is 4.35. The molecule has 5 heteroatoms. The zero-order valence-electron chi connectivity index (χ0n) is 16.0. The van der Waals surface area contributed by atoms with Gasteiger partial charge in [0.1, 0.15) is 12.5 Å². The molecule has 1 heterocycles. The number of Topliss-reactive ketones (excluding diaryl/α,β-unsaturated/α-hetero) is 1. The van der Waals surface area contributed by atoms with Crippen LogP contribution in [0, 0.1) is 5.92 Å². The maximum absolute atomic E-state index is 13.1. The Balaban J connectivity index is 1.70. The summed E-state index contributed by atoms with van der Waals surface area (Å²) in [5.74, 6) is -1.48. The number of ether oxygens (including phenoxy) is 1. The van der Waals surface area contributed by atoms with E-state index < -0.39 is 17.8 Å². The van der Waals surface area contributed by atoms with Gasteiger partial charge in [-0.2, -0.15) is 0 Å². The van der Waals surface area contributed by atoms with Crippen molar-refractivity contribution in [3.8, 4) is 0 Å². The molecular weight excluding hydrogens is 386 g/mol. The third-order valence-electron chi connectivity index (χ3n) is 5.47. The molecule has 0 fully saturated rings. The second kappa shape index (κ2) is 8.26. The highest BCUT2D eigenvalue weighted by Crippen LogP contribution is 2.44. The van der Waals surface area contributed by atoms with Crippen molar-refractivity contribution in [2.45, 2.75) is 31.8 Å². The van der Waals surface area contributed by atoms with Gasteiger partial charge in [-0.15, -0.1) is 0 Å². The Morgan fingerprint density at radius 1 is 1.14 bits per heavy atom. The SMILES string of the molecule is C=C1NC2=C(C(=O)CCC2)C(c2cccc(Cl)c2)C1C(=O)OCc1ccccc1. The molecule has 2 atom stereocenters. The molecule has 148 valence electrons. The van der Waals surface area contributed by atoms with Crippen LogP contribution in [0.25, 0.3) is 0 Å². The van der Waals surface area contributed by atoms with Gasteiger partial charge < -0.3 is 10.1 Å². The number of hydrogen-bond acceptors (Lipinski definition) is 4. The second-order valence-electron chi connectivity index (χ2n) is 7.42. The maximum atomic E-state index is 13.1. The van der Waals surface area contributed by atoms with Crippen LogP contribution in [0.4, 0.5) is 0 Å². The van der Waals surface area contributed by atoms with Crippen molar-refractivity contribution in [2.75, 3.05) is 0 Å². The highest BCUT2D eigenvalue weighted by atomic mass is 35.5. The lowest BCUT2D eigenvalue weighted by atomic mass is 9.71. The van der Waals surface area contributed by atoms with Gasteiger partial charge in [-0.25, -0.2) is 0 Å². The van der Waals surface area contributed by atoms with Gasteiger partial charge in [0.15, 0.2) is 5.78 Å². The van der Waals surface area contributed by atoms with Crippen molar-refractivity contribution >= 4 is 23.4 Å². The average Bonchev–Trinajstić information content (AvgIpc) is 2.72. The van der Waals surface area contributed by atoms with Crippen molar-refractivity contribution in [1.29, 1.82) is 0 Å². The van der Waals surface area contributed by atoms with E-state index in [0.29, 0.717) is 22.7 Å². The van der Waals surface area contributed by atoms with Gasteiger partial charge in [0.05, 0.1) is 0 Å². The predicted octanol–water partition coefficient (Wildman–Crippen LogP) is 4.91. The van der Waals surface area contributed by atoms with Crippen LogP contribution >= 0.6 is 11.6 Å². The molecule has 1 N–H and O–H groups in total. The molecule has 0 bridgehead atoms. The van der Waals surface area contributed by atoms with Crippen LogP contribution in [-0.2, 0) is 20.9 Å². The van der Waals surface area contributed by atoms with E-state index in [9.17, 15) is 9.59 Å². The van der Waals surface area contributed by atoms with Crippen molar-refractivity contribution < 1.29 is 14.3 Å². The summed E-state index contributed by atoms with van der Waals surface area (Å²) in [6.07, 6.45) is 2.04. The lowest BCUT2D eigenvalue weighted by molar-refractivity contribution is -0.149. The number of benzene rings is 2. The van der Waals surface area contributed by atoms with Crippen LogP contribution in [0.15, 0.2) is 78.1 Å². The Morgan fingerprint density at radius 3 is 2.69 bits per heavy atom. The second-order valence-corrected chi connectivity index (χ2v) is 7.86. The Morgan fingerprint density at radius 2 is 1.93 bits per heavy atom. The van der Waals surface area contributed by atoms with Gasteiger partial charge in [0, 0.05) is 34.3 Å². The number of carbonyl (C=O) groups is 2. The Bertz CT molecular complexity index is 996. The Kier molecular flexibility index (Phi) is 5.54. The molecule has 4 nitrogen and oxygen atoms in total. The van der Waals surface area contributed by atoms with Gasteiger partial charge in [-0.1, -0.05) is 60.6 Å². The molecule has 1 aliphatic heterocycles. The number of rotatable bonds is 4. The standard InChI is InChI=1S/C24H22ClNO3/c1-15-21(24(28)29-14-16-7-3-2-4-8-16)22(17-9-5-10-18(25)13-17)23-19(26-15)11-6-12-20(23)27/h2-5,7-10,13,21-22,26H,1,6,11-12,14H2. The average molecular weight is 408 g/mol. The first kappa shape index (κ1) is 19.5. The zero-order chi connectivity index (χ0) is 20.4. The molecule has 0 amide bonds. The summed E-state index contributed by atoms with van der Waals surface area (Å²) in [4.78, 5) is 26.0. The lowest BCUT2D eigenvalue weighted by Crippen LogP contribution is -2.41. The quantitative estimate of drug-likeness (QED) is 0.732. The van der Waals surface area contributed by atoms with Gasteiger partial charge in [-0.3, -0.25) is 9.59 Å². The van der Waals surface area contributed by atoms with Crippen molar-refractivity contribution in [1.82, 2.24) is 5.32 Å². The molecule has 2 aromatic carbocycles. The molecule has 29 heavy (non-hydrogen) atoms. The van der Waals surface area contributed by atoms with E-state index in [-0.39, 0.29) is 12.4 Å². The van der Waals surface area contributed by atoms with Crippen LogP contribution in [0.2, 0.25) is 5.02 Å². The summed E-state index contributed by atoms with van der Waals surface area (Å²) < 4.78 is 5.63. The molecule has 4 rings (SSSR count). The Hall–Kier alpha value is -2.85. The van der Waals surface area contributed by atoms with E-state index in [4.69, 9.17) is 16.3 Å². The van der Waals surface area contributed by atoms with Crippen LogP contribution in [-0.4, -0.2) is 11.8 Å². The first-order valence-electron chi connectivity index (χ1n) is 9.72. The number of allylic oxidation sites excluding steroid dienone is 2. The van der Waals surface area contributed by atoms with Crippen molar-refractivity contribution in [3.05, 3.63) is 94.3 Å². The maximum Gasteiger partial charge on any atom is 0.316 e. The fourth-order valence-electron chi connectivity index (χ4n) is 4.15. The van der Waals surface area contributed by atoms with E-state index >= 15 is 0 Å². The number of esters is 1. The molecule has 0 aromatic heterocycles. The number of carbonyl (C=O) groups excluding carboxylic acids is 2. The van der Waals surface area contributed by atoms with E-state index in [1.807, 2.05) is 48.5 Å². The highest BCUT2D eigenvalue weighted by Gasteiger charge is 2.43. The summed E-state index contributed by atoms with van der Waals surface area (Å²) in [6, 6.07) is 16.9. The number of nitrogens with one attached hydrogen (secondary N) is 1. The van der Waals surface area contributed by atoms with Gasteiger partial charge in [-0.05, 0) is 36.1 Å². The van der Waals surface area contributed by atoms with E-state index in [2.05, 4.69) is 11.9 Å². The molecule has 0 saturated carbocycles. The third kappa shape index (κ3) is 3.99. The normalized spacial score (nSPS) is 21.4. The highest BCUT2D eigenvalue weighted by molar-refractivity contribution is 6.30. The minimum atomic E-state index is -0.696. The number of ketones is 1. The number of hydrogen-bond donors (Lipinski definition) is 1. The lowest BCUT2D eigenvalue weighted by Gasteiger charge is -2.38. The van der Waals surface area contributed by atoms with E-state index in [1.165, 1.54) is 0 Å². The van der Waals surface area contributed by atoms with Gasteiger partial charge in [0.2, 0.25) is 0 Å². The molecular formula is C24H22ClNO3. The summed E-state index contributed by atoms with van der Waals surface area (Å²) in [5, 5.41) is 3.79. The molecule has 2 unspecified atom stereocenters. The molecule has 1 aliphatic carbocycles. The fraction of sp³-hybridized carbons (Fsp3) is 0.250. The predicted molar refractivity (Wildman–Crippen MR) is 112 cm³/mol. The van der Waals surface area contributed by atoms with Crippen LogP contribution in [0.5, 0.6) is 0 Å². The van der Waals surface area contributed by atoms with Gasteiger partial charge >= 0.3 is 5.97 Å². The summed E-state index contributed by atoms with van der Waals surface area (Å²) in [6.45, 7) is 4.27. The molecule has 2 aliphatic rings.